The molecule has 0 spiro atoms. The number of nitrogens with two attached hydrogens (primary N) is 1. The molecule has 0 aromatic carbocycles. The Hall–Kier alpha value is -0.570. The van der Waals surface area contributed by atoms with E-state index < -0.39 is 0 Å². The van der Waals surface area contributed by atoms with Gasteiger partial charge in [-0.1, -0.05) is 45.4 Å². The molecule has 1 aliphatic rings. The fourth-order valence-electron chi connectivity index (χ4n) is 2.51. The molecule has 0 bridgehead atoms. The summed E-state index contributed by atoms with van der Waals surface area (Å²) >= 11 is 0. The third-order valence-corrected chi connectivity index (χ3v) is 3.67. The lowest BCUT2D eigenvalue weighted by atomic mass is 9.91. The Balaban J connectivity index is 2.07. The van der Waals surface area contributed by atoms with Gasteiger partial charge in [-0.15, -0.1) is 0 Å². The average molecular weight is 240 g/mol. The van der Waals surface area contributed by atoms with Gasteiger partial charge in [0, 0.05) is 18.5 Å². The van der Waals surface area contributed by atoms with Crippen molar-refractivity contribution in [3.63, 3.8) is 0 Å². The van der Waals surface area contributed by atoms with Crippen LogP contribution >= 0.6 is 0 Å². The smallest absolute Gasteiger partial charge is 0.220 e. The predicted molar refractivity (Wildman–Crippen MR) is 71.8 cm³/mol. The van der Waals surface area contributed by atoms with Gasteiger partial charge in [-0.2, -0.15) is 0 Å². The summed E-state index contributed by atoms with van der Waals surface area (Å²) < 4.78 is 0. The first kappa shape index (κ1) is 14.5. The van der Waals surface area contributed by atoms with Gasteiger partial charge in [0.25, 0.3) is 0 Å². The third kappa shape index (κ3) is 6.06. The molecule has 1 amide bonds. The largest absolute Gasteiger partial charge is 0.352 e. The number of unbranched alkanes of at least 4 members (excludes halogenated alkanes) is 4. The summed E-state index contributed by atoms with van der Waals surface area (Å²) in [5.74, 6) is 0.198. The molecule has 0 unspecified atom stereocenters. The number of hydrogen-bond donors (Lipinski definition) is 2. The Morgan fingerprint density at radius 1 is 1.18 bits per heavy atom. The number of rotatable bonds is 7. The van der Waals surface area contributed by atoms with Gasteiger partial charge in [-0.05, 0) is 19.3 Å². The van der Waals surface area contributed by atoms with E-state index in [-0.39, 0.29) is 18.0 Å². The summed E-state index contributed by atoms with van der Waals surface area (Å²) in [6.07, 6.45) is 11.2. The first-order valence-electron chi connectivity index (χ1n) is 7.29. The minimum absolute atomic E-state index is 0.174. The molecule has 0 saturated heterocycles. The molecule has 0 heterocycles. The van der Waals surface area contributed by atoms with E-state index in [9.17, 15) is 4.79 Å². The molecule has 0 aromatic rings. The second-order valence-electron chi connectivity index (χ2n) is 5.29. The van der Waals surface area contributed by atoms with Crippen LogP contribution in [0.4, 0.5) is 0 Å². The topological polar surface area (TPSA) is 55.1 Å². The Kier molecular flexibility index (Phi) is 7.25. The molecule has 3 nitrogen and oxygen atoms in total. The summed E-state index contributed by atoms with van der Waals surface area (Å²) in [5, 5.41) is 3.10. The normalized spacial score (nSPS) is 24.6. The Bertz CT molecular complexity index is 218. The lowest BCUT2D eigenvalue weighted by molar-refractivity contribution is -0.122. The highest BCUT2D eigenvalue weighted by molar-refractivity contribution is 5.76. The zero-order chi connectivity index (χ0) is 12.5. The molecule has 100 valence electrons. The van der Waals surface area contributed by atoms with Crippen LogP contribution in [-0.2, 0) is 4.79 Å². The lowest BCUT2D eigenvalue weighted by Gasteiger charge is -2.29. The molecule has 1 rings (SSSR count). The van der Waals surface area contributed by atoms with Crippen molar-refractivity contribution in [1.82, 2.24) is 5.32 Å². The van der Waals surface area contributed by atoms with Crippen molar-refractivity contribution < 1.29 is 4.79 Å². The van der Waals surface area contributed by atoms with Crippen LogP contribution in [0.2, 0.25) is 0 Å². The highest BCUT2D eigenvalue weighted by atomic mass is 16.1. The first-order valence-corrected chi connectivity index (χ1v) is 7.29. The molecule has 2 atom stereocenters. The van der Waals surface area contributed by atoms with E-state index in [2.05, 4.69) is 12.2 Å². The lowest BCUT2D eigenvalue weighted by Crippen LogP contribution is -2.49. The molecule has 3 heteroatoms. The fraction of sp³-hybridized carbons (Fsp3) is 0.929. The zero-order valence-electron chi connectivity index (χ0n) is 11.2. The third-order valence-electron chi connectivity index (χ3n) is 3.67. The van der Waals surface area contributed by atoms with E-state index in [4.69, 9.17) is 5.73 Å². The van der Waals surface area contributed by atoms with Crippen molar-refractivity contribution >= 4 is 5.91 Å². The SMILES string of the molecule is CCCCCCCC(=O)N[C@@H]1CCCC[C@H]1N. The van der Waals surface area contributed by atoms with Gasteiger partial charge in [-0.25, -0.2) is 0 Å². The van der Waals surface area contributed by atoms with Crippen LogP contribution in [0.5, 0.6) is 0 Å². The van der Waals surface area contributed by atoms with Gasteiger partial charge >= 0.3 is 0 Å². The Morgan fingerprint density at radius 2 is 1.88 bits per heavy atom. The van der Waals surface area contributed by atoms with Crippen molar-refractivity contribution in [2.45, 2.75) is 83.2 Å². The summed E-state index contributed by atoms with van der Waals surface area (Å²) in [6, 6.07) is 0.402. The van der Waals surface area contributed by atoms with Crippen LogP contribution in [0.1, 0.15) is 71.1 Å². The van der Waals surface area contributed by atoms with Gasteiger partial charge in [0.05, 0.1) is 0 Å². The predicted octanol–water partition coefficient (Wildman–Crippen LogP) is 2.73. The van der Waals surface area contributed by atoms with E-state index in [1.807, 2.05) is 0 Å². The molecule has 0 aromatic heterocycles. The molecule has 3 N–H and O–H groups in total. The number of amides is 1. The maximum absolute atomic E-state index is 11.7. The standard InChI is InChI=1S/C14H28N2O/c1-2-3-4-5-6-11-14(17)16-13-10-8-7-9-12(13)15/h12-13H,2-11,15H2,1H3,(H,16,17)/t12-,13-/m1/s1. The van der Waals surface area contributed by atoms with E-state index in [1.165, 1.54) is 38.5 Å². The van der Waals surface area contributed by atoms with Crippen molar-refractivity contribution in [1.29, 1.82) is 0 Å². The molecule has 1 aliphatic carbocycles. The minimum Gasteiger partial charge on any atom is -0.352 e. The van der Waals surface area contributed by atoms with Crippen LogP contribution in [0, 0.1) is 0 Å². The molecule has 1 fully saturated rings. The number of hydrogen-bond acceptors (Lipinski definition) is 2. The van der Waals surface area contributed by atoms with E-state index in [0.29, 0.717) is 6.42 Å². The zero-order valence-corrected chi connectivity index (χ0v) is 11.2. The van der Waals surface area contributed by atoms with Crippen LogP contribution < -0.4 is 11.1 Å². The summed E-state index contributed by atoms with van der Waals surface area (Å²) in [5.41, 5.74) is 6.01. The summed E-state index contributed by atoms with van der Waals surface area (Å²) in [6.45, 7) is 2.21. The number of nitrogens with one attached hydrogen (secondary N) is 1. The highest BCUT2D eigenvalue weighted by Crippen LogP contribution is 2.17. The minimum atomic E-state index is 0.174. The fourth-order valence-corrected chi connectivity index (χ4v) is 2.51. The molecule has 17 heavy (non-hydrogen) atoms. The van der Waals surface area contributed by atoms with Crippen molar-refractivity contribution in [2.24, 2.45) is 5.73 Å². The second kappa shape index (κ2) is 8.51. The molecule has 0 radical (unpaired) electrons. The average Bonchev–Trinajstić information content (AvgIpc) is 2.32. The molecular weight excluding hydrogens is 212 g/mol. The van der Waals surface area contributed by atoms with Gasteiger partial charge in [0.1, 0.15) is 0 Å². The van der Waals surface area contributed by atoms with Crippen molar-refractivity contribution in [2.75, 3.05) is 0 Å². The first-order chi connectivity index (χ1) is 8.24. The van der Waals surface area contributed by atoms with Crippen LogP contribution in [0.15, 0.2) is 0 Å². The van der Waals surface area contributed by atoms with Crippen LogP contribution in [0.25, 0.3) is 0 Å². The van der Waals surface area contributed by atoms with E-state index in [0.717, 1.165) is 19.3 Å². The maximum atomic E-state index is 11.7. The monoisotopic (exact) mass is 240 g/mol. The van der Waals surface area contributed by atoms with Crippen LogP contribution in [-0.4, -0.2) is 18.0 Å². The molecular formula is C14H28N2O. The summed E-state index contributed by atoms with van der Waals surface area (Å²) in [7, 11) is 0. The van der Waals surface area contributed by atoms with Gasteiger partial charge < -0.3 is 11.1 Å². The quantitative estimate of drug-likeness (QED) is 0.672. The molecule has 0 aliphatic heterocycles. The Labute approximate surface area is 106 Å². The Morgan fingerprint density at radius 3 is 2.59 bits per heavy atom. The van der Waals surface area contributed by atoms with Crippen LogP contribution in [0.3, 0.4) is 0 Å². The number of carbonyl (C=O) groups is 1. The van der Waals surface area contributed by atoms with Crippen molar-refractivity contribution in [3.05, 3.63) is 0 Å². The van der Waals surface area contributed by atoms with Gasteiger partial charge in [0.15, 0.2) is 0 Å². The maximum Gasteiger partial charge on any atom is 0.220 e. The molecule has 1 saturated carbocycles. The van der Waals surface area contributed by atoms with E-state index >= 15 is 0 Å². The van der Waals surface area contributed by atoms with Crippen molar-refractivity contribution in [3.8, 4) is 0 Å². The van der Waals surface area contributed by atoms with Gasteiger partial charge in [-0.3, -0.25) is 4.79 Å². The van der Waals surface area contributed by atoms with E-state index in [1.54, 1.807) is 0 Å². The van der Waals surface area contributed by atoms with Gasteiger partial charge in [0.2, 0.25) is 5.91 Å². The number of carbonyl (C=O) groups excluding carboxylic acids is 1. The second-order valence-corrected chi connectivity index (χ2v) is 5.29. The summed E-state index contributed by atoms with van der Waals surface area (Å²) in [4.78, 5) is 11.7. The highest BCUT2D eigenvalue weighted by Gasteiger charge is 2.22.